The summed E-state index contributed by atoms with van der Waals surface area (Å²) in [6.07, 6.45) is 1.36. The summed E-state index contributed by atoms with van der Waals surface area (Å²) in [5.74, 6) is 0.340. The molecule has 2 heterocycles. The van der Waals surface area contributed by atoms with E-state index >= 15 is 0 Å². The van der Waals surface area contributed by atoms with Crippen molar-refractivity contribution in [3.8, 4) is 0 Å². The molecule has 1 saturated carbocycles. The highest BCUT2D eigenvalue weighted by Gasteiger charge is 2.54. The lowest BCUT2D eigenvalue weighted by Gasteiger charge is -2.33. The van der Waals surface area contributed by atoms with Crippen LogP contribution in [0.2, 0.25) is 0 Å². The zero-order chi connectivity index (χ0) is 16.1. The molecule has 0 aromatic rings. The Kier molecular flexibility index (Phi) is 3.76. The van der Waals surface area contributed by atoms with Crippen molar-refractivity contribution in [3.63, 3.8) is 0 Å². The minimum absolute atomic E-state index is 0.0103. The molecule has 2 aliphatic heterocycles. The standard InChI is InChI=1S/C15H24BFN2O3/c1-14(2)15(3,4)22-16(21-14)12(17)11-7-10(8-11)9-19-6-5-18-13(19)20/h10H,5-9H2,1-4H3,(H,18,20). The van der Waals surface area contributed by atoms with Crippen LogP contribution in [0.3, 0.4) is 0 Å². The molecule has 1 N–H and O–H groups in total. The summed E-state index contributed by atoms with van der Waals surface area (Å²) in [6, 6.07) is -0.0103. The number of amides is 2. The van der Waals surface area contributed by atoms with Gasteiger partial charge in [-0.1, -0.05) is 0 Å². The van der Waals surface area contributed by atoms with Gasteiger partial charge in [0.25, 0.3) is 0 Å². The molecule has 1 aliphatic carbocycles. The van der Waals surface area contributed by atoms with E-state index < -0.39 is 18.3 Å². The fourth-order valence-electron chi connectivity index (χ4n) is 3.07. The molecule has 22 heavy (non-hydrogen) atoms. The molecule has 0 radical (unpaired) electrons. The summed E-state index contributed by atoms with van der Waals surface area (Å²) < 4.78 is 26.0. The molecule has 2 saturated heterocycles. The molecular formula is C15H24BFN2O3. The van der Waals surface area contributed by atoms with Crippen molar-refractivity contribution in [1.82, 2.24) is 10.2 Å². The number of carbonyl (C=O) groups excluding carboxylic acids is 1. The Morgan fingerprint density at radius 3 is 2.41 bits per heavy atom. The second-order valence-corrected chi connectivity index (χ2v) is 7.49. The van der Waals surface area contributed by atoms with E-state index in [0.717, 1.165) is 12.1 Å². The molecule has 2 amide bonds. The summed E-state index contributed by atoms with van der Waals surface area (Å²) in [5.41, 5.74) is -0.553. The number of hydrogen-bond donors (Lipinski definition) is 1. The van der Waals surface area contributed by atoms with Crippen molar-refractivity contribution in [1.29, 1.82) is 0 Å². The highest BCUT2D eigenvalue weighted by atomic mass is 19.1. The van der Waals surface area contributed by atoms with Gasteiger partial charge in [0.1, 0.15) is 5.73 Å². The van der Waals surface area contributed by atoms with E-state index in [1.807, 2.05) is 27.7 Å². The van der Waals surface area contributed by atoms with Gasteiger partial charge in [-0.25, -0.2) is 9.18 Å². The van der Waals surface area contributed by atoms with Gasteiger partial charge in [0.2, 0.25) is 0 Å². The van der Waals surface area contributed by atoms with Gasteiger partial charge in [-0.3, -0.25) is 0 Å². The average molecular weight is 310 g/mol. The van der Waals surface area contributed by atoms with Gasteiger partial charge >= 0.3 is 13.1 Å². The molecule has 0 spiro atoms. The minimum Gasteiger partial charge on any atom is -0.398 e. The predicted molar refractivity (Wildman–Crippen MR) is 81.9 cm³/mol. The van der Waals surface area contributed by atoms with Gasteiger partial charge < -0.3 is 19.5 Å². The lowest BCUT2D eigenvalue weighted by molar-refractivity contribution is 0.00578. The zero-order valence-electron chi connectivity index (χ0n) is 13.7. The van der Waals surface area contributed by atoms with Crippen LogP contribution in [0.15, 0.2) is 11.3 Å². The van der Waals surface area contributed by atoms with Crippen molar-refractivity contribution >= 4 is 13.1 Å². The monoisotopic (exact) mass is 310 g/mol. The van der Waals surface area contributed by atoms with Crippen LogP contribution in [-0.2, 0) is 9.31 Å². The van der Waals surface area contributed by atoms with Gasteiger partial charge in [-0.2, -0.15) is 0 Å². The third-order valence-electron chi connectivity index (χ3n) is 5.29. The summed E-state index contributed by atoms with van der Waals surface area (Å²) in [6.45, 7) is 9.82. The normalized spacial score (nSPS) is 29.6. The largest absolute Gasteiger partial charge is 0.525 e. The van der Waals surface area contributed by atoms with Crippen LogP contribution < -0.4 is 5.32 Å². The first-order valence-corrected chi connectivity index (χ1v) is 7.95. The highest BCUT2D eigenvalue weighted by Crippen LogP contribution is 2.43. The minimum atomic E-state index is -0.893. The smallest absolute Gasteiger partial charge is 0.398 e. The second-order valence-electron chi connectivity index (χ2n) is 7.49. The number of carbonyl (C=O) groups is 1. The lowest BCUT2D eigenvalue weighted by Crippen LogP contribution is -2.41. The summed E-state index contributed by atoms with van der Waals surface area (Å²) in [7, 11) is -0.893. The molecule has 0 atom stereocenters. The Hall–Kier alpha value is -1.08. The first kappa shape index (κ1) is 15.8. The molecule has 0 aromatic carbocycles. The van der Waals surface area contributed by atoms with E-state index in [1.165, 1.54) is 0 Å². The Morgan fingerprint density at radius 1 is 1.32 bits per heavy atom. The van der Waals surface area contributed by atoms with Gasteiger partial charge in [0.15, 0.2) is 0 Å². The van der Waals surface area contributed by atoms with Crippen LogP contribution >= 0.6 is 0 Å². The van der Waals surface area contributed by atoms with Crippen molar-refractivity contribution in [2.24, 2.45) is 5.92 Å². The molecule has 3 rings (SSSR count). The fraction of sp³-hybridized carbons (Fsp3) is 0.800. The molecule has 0 unspecified atom stereocenters. The molecule has 3 aliphatic rings. The summed E-state index contributed by atoms with van der Waals surface area (Å²) >= 11 is 0. The Bertz CT molecular complexity index is 497. The number of rotatable bonds is 3. The maximum absolute atomic E-state index is 14.5. The molecule has 7 heteroatoms. The van der Waals surface area contributed by atoms with E-state index in [-0.39, 0.29) is 11.8 Å². The van der Waals surface area contributed by atoms with Crippen molar-refractivity contribution in [2.75, 3.05) is 19.6 Å². The Morgan fingerprint density at radius 2 is 1.91 bits per heavy atom. The number of nitrogens with zero attached hydrogens (tertiary/aromatic N) is 1. The third kappa shape index (κ3) is 2.65. The van der Waals surface area contributed by atoms with Crippen LogP contribution in [0, 0.1) is 5.92 Å². The number of hydrogen-bond acceptors (Lipinski definition) is 3. The molecular weight excluding hydrogens is 286 g/mol. The predicted octanol–water partition coefficient (Wildman–Crippen LogP) is 2.28. The molecule has 5 nitrogen and oxygen atoms in total. The van der Waals surface area contributed by atoms with Crippen LogP contribution in [-0.4, -0.2) is 48.9 Å². The number of nitrogens with one attached hydrogen (secondary N) is 1. The molecule has 0 aromatic heterocycles. The van der Waals surface area contributed by atoms with Crippen LogP contribution in [0.5, 0.6) is 0 Å². The Balaban J connectivity index is 1.57. The second kappa shape index (κ2) is 5.23. The third-order valence-corrected chi connectivity index (χ3v) is 5.29. The number of urea groups is 1. The van der Waals surface area contributed by atoms with Crippen molar-refractivity contribution < 1.29 is 18.5 Å². The molecule has 122 valence electrons. The average Bonchev–Trinajstić information content (AvgIpc) is 2.85. The van der Waals surface area contributed by atoms with Crippen molar-refractivity contribution in [3.05, 3.63) is 11.3 Å². The molecule has 3 fully saturated rings. The van der Waals surface area contributed by atoms with Gasteiger partial charge in [0.05, 0.1) is 11.2 Å². The van der Waals surface area contributed by atoms with Crippen molar-refractivity contribution in [2.45, 2.75) is 51.7 Å². The van der Waals surface area contributed by atoms with E-state index in [9.17, 15) is 9.18 Å². The topological polar surface area (TPSA) is 50.8 Å². The van der Waals surface area contributed by atoms with Gasteiger partial charge in [-0.05, 0) is 52.0 Å². The zero-order valence-corrected chi connectivity index (χ0v) is 13.7. The lowest BCUT2D eigenvalue weighted by atomic mass is 9.72. The van der Waals surface area contributed by atoms with E-state index in [0.29, 0.717) is 31.8 Å². The first-order valence-electron chi connectivity index (χ1n) is 7.95. The SMILES string of the molecule is CC1(C)OB(C(F)=C2CC(CN3CCNC3=O)C2)OC1(C)C. The maximum Gasteiger partial charge on any atom is 0.525 e. The summed E-state index contributed by atoms with van der Waals surface area (Å²) in [5, 5.41) is 2.78. The fourth-order valence-corrected chi connectivity index (χ4v) is 3.07. The number of halogens is 1. The quantitative estimate of drug-likeness (QED) is 0.814. The van der Waals surface area contributed by atoms with Gasteiger partial charge in [-0.15, -0.1) is 0 Å². The van der Waals surface area contributed by atoms with E-state index in [4.69, 9.17) is 9.31 Å². The highest BCUT2D eigenvalue weighted by molar-refractivity contribution is 6.53. The van der Waals surface area contributed by atoms with Crippen LogP contribution in [0.1, 0.15) is 40.5 Å². The first-order chi connectivity index (χ1) is 10.2. The summed E-state index contributed by atoms with van der Waals surface area (Å²) in [4.78, 5) is 13.3. The Labute approximate surface area is 131 Å². The number of allylic oxidation sites excluding steroid dienone is 1. The van der Waals surface area contributed by atoms with Crippen LogP contribution in [0.25, 0.3) is 0 Å². The van der Waals surface area contributed by atoms with E-state index in [2.05, 4.69) is 5.32 Å². The van der Waals surface area contributed by atoms with Crippen LogP contribution in [0.4, 0.5) is 9.18 Å². The molecule has 0 bridgehead atoms. The maximum atomic E-state index is 14.5. The van der Waals surface area contributed by atoms with Gasteiger partial charge in [0, 0.05) is 19.6 Å². The van der Waals surface area contributed by atoms with E-state index in [1.54, 1.807) is 4.90 Å².